The third-order valence-corrected chi connectivity index (χ3v) is 3.02. The molecule has 0 spiro atoms. The normalized spacial score (nSPS) is 15.5. The summed E-state index contributed by atoms with van der Waals surface area (Å²) in [5, 5.41) is 13.3. The first-order valence-corrected chi connectivity index (χ1v) is 6.01. The van der Waals surface area contributed by atoms with Crippen molar-refractivity contribution in [3.05, 3.63) is 48.6 Å². The fraction of sp³-hybridized carbons (Fsp3) is 0.357. The summed E-state index contributed by atoms with van der Waals surface area (Å²) in [6.45, 7) is 6.15. The highest BCUT2D eigenvalue weighted by Crippen LogP contribution is 2.17. The first-order valence-electron chi connectivity index (χ1n) is 6.01. The summed E-state index contributed by atoms with van der Waals surface area (Å²) in [5.41, 5.74) is 6.78. The van der Waals surface area contributed by atoms with Crippen molar-refractivity contribution in [3.63, 3.8) is 0 Å². The zero-order chi connectivity index (χ0) is 13.5. The first kappa shape index (κ1) is 14.3. The van der Waals surface area contributed by atoms with Gasteiger partial charge >= 0.3 is 5.96 Å². The average Bonchev–Trinajstić information content (AvgIpc) is 2.43. The lowest BCUT2D eigenvalue weighted by atomic mass is 10.0. The van der Waals surface area contributed by atoms with E-state index in [4.69, 9.17) is 5.73 Å². The molecule has 0 saturated carbocycles. The SMILES string of the molecule is C=CCNC(N)=[N+](C)[C@@H](C)[C@H](O)c1ccccc1. The van der Waals surface area contributed by atoms with Gasteiger partial charge in [0.1, 0.15) is 12.1 Å². The number of likely N-dealkylation sites (N-methyl/N-ethyl adjacent to an activating group) is 1. The van der Waals surface area contributed by atoms with Crippen molar-refractivity contribution in [3.8, 4) is 0 Å². The molecule has 0 amide bonds. The van der Waals surface area contributed by atoms with Crippen LogP contribution in [-0.4, -0.2) is 35.3 Å². The topological polar surface area (TPSA) is 61.3 Å². The smallest absolute Gasteiger partial charge is 0.343 e. The Balaban J connectivity index is 2.80. The van der Waals surface area contributed by atoms with Crippen molar-refractivity contribution in [1.82, 2.24) is 5.32 Å². The van der Waals surface area contributed by atoms with Crippen LogP contribution in [0, 0.1) is 0 Å². The van der Waals surface area contributed by atoms with Crippen molar-refractivity contribution in [2.75, 3.05) is 13.6 Å². The Kier molecular flexibility index (Phi) is 5.39. The van der Waals surface area contributed by atoms with E-state index in [1.165, 1.54) is 0 Å². The number of benzene rings is 1. The van der Waals surface area contributed by atoms with Crippen molar-refractivity contribution in [2.24, 2.45) is 5.73 Å². The second-order valence-corrected chi connectivity index (χ2v) is 4.26. The van der Waals surface area contributed by atoms with Crippen LogP contribution < -0.4 is 11.1 Å². The Morgan fingerprint density at radius 1 is 1.50 bits per heavy atom. The van der Waals surface area contributed by atoms with Crippen LogP contribution in [0.2, 0.25) is 0 Å². The van der Waals surface area contributed by atoms with E-state index >= 15 is 0 Å². The number of rotatable bonds is 5. The molecule has 0 aromatic heterocycles. The minimum atomic E-state index is -0.583. The highest BCUT2D eigenvalue weighted by atomic mass is 16.3. The molecule has 0 aliphatic rings. The Bertz CT molecular complexity index is 414. The molecular weight excluding hydrogens is 226 g/mol. The largest absolute Gasteiger partial charge is 0.385 e. The zero-order valence-corrected chi connectivity index (χ0v) is 11.0. The molecule has 1 aromatic rings. The number of nitrogens with two attached hydrogens (primary N) is 1. The number of nitrogens with zero attached hydrogens (tertiary/aromatic N) is 1. The molecule has 0 bridgehead atoms. The molecule has 0 fully saturated rings. The summed E-state index contributed by atoms with van der Waals surface area (Å²) in [6, 6.07) is 9.44. The lowest BCUT2D eigenvalue weighted by Crippen LogP contribution is -2.44. The predicted octanol–water partition coefficient (Wildman–Crippen LogP) is 0.841. The molecular formula is C14H22N3O+. The van der Waals surface area contributed by atoms with Crippen LogP contribution >= 0.6 is 0 Å². The molecule has 4 nitrogen and oxygen atoms in total. The second kappa shape index (κ2) is 6.81. The fourth-order valence-corrected chi connectivity index (χ4v) is 1.66. The number of hydrogen-bond acceptors (Lipinski definition) is 1. The molecule has 4 N–H and O–H groups in total. The van der Waals surface area contributed by atoms with Gasteiger partial charge in [-0.2, -0.15) is 0 Å². The second-order valence-electron chi connectivity index (χ2n) is 4.26. The Morgan fingerprint density at radius 3 is 2.67 bits per heavy atom. The summed E-state index contributed by atoms with van der Waals surface area (Å²) in [4.78, 5) is 0. The Labute approximate surface area is 108 Å². The molecule has 2 atom stereocenters. The van der Waals surface area contributed by atoms with Crippen LogP contribution in [0.15, 0.2) is 43.0 Å². The third kappa shape index (κ3) is 3.60. The van der Waals surface area contributed by atoms with Crippen molar-refractivity contribution >= 4 is 5.96 Å². The summed E-state index contributed by atoms with van der Waals surface area (Å²) in [6.07, 6.45) is 1.15. The third-order valence-electron chi connectivity index (χ3n) is 3.02. The van der Waals surface area contributed by atoms with Crippen LogP contribution in [0.25, 0.3) is 0 Å². The van der Waals surface area contributed by atoms with Crippen LogP contribution in [0.1, 0.15) is 18.6 Å². The maximum atomic E-state index is 10.3. The fourth-order valence-electron chi connectivity index (χ4n) is 1.66. The standard InChI is InChI=1S/C14H21N3O/c1-4-10-16-14(15)17(3)11(2)13(18)12-8-6-5-7-9-12/h4-9,11,13,18H,1,10H2,2-3H3,(H2,15,16)/p+1/t11-,13-/m0/s1. The van der Waals surface area contributed by atoms with E-state index in [2.05, 4.69) is 11.9 Å². The van der Waals surface area contributed by atoms with Gasteiger partial charge in [0.15, 0.2) is 0 Å². The van der Waals surface area contributed by atoms with Crippen LogP contribution in [0.5, 0.6) is 0 Å². The van der Waals surface area contributed by atoms with E-state index in [1.54, 1.807) is 6.08 Å². The van der Waals surface area contributed by atoms with E-state index < -0.39 is 6.10 Å². The molecule has 1 rings (SSSR count). The van der Waals surface area contributed by atoms with E-state index in [0.717, 1.165) is 5.56 Å². The van der Waals surface area contributed by atoms with Crippen molar-refractivity contribution in [2.45, 2.75) is 19.1 Å². The van der Waals surface area contributed by atoms with Gasteiger partial charge in [-0.3, -0.25) is 15.6 Å². The summed E-state index contributed by atoms with van der Waals surface area (Å²) >= 11 is 0. The molecule has 0 aliphatic heterocycles. The molecule has 0 heterocycles. The van der Waals surface area contributed by atoms with Gasteiger partial charge in [0.05, 0.1) is 13.6 Å². The lowest BCUT2D eigenvalue weighted by Gasteiger charge is -2.20. The van der Waals surface area contributed by atoms with Gasteiger partial charge in [0.2, 0.25) is 0 Å². The van der Waals surface area contributed by atoms with Crippen molar-refractivity contribution in [1.29, 1.82) is 0 Å². The van der Waals surface area contributed by atoms with Gasteiger partial charge in [-0.1, -0.05) is 43.0 Å². The number of aliphatic hydroxyl groups is 1. The molecule has 0 radical (unpaired) electrons. The van der Waals surface area contributed by atoms with Gasteiger partial charge in [-0.05, 0) is 12.5 Å². The Hall–Kier alpha value is -1.81. The molecule has 0 aliphatic carbocycles. The van der Waals surface area contributed by atoms with Gasteiger partial charge in [0.25, 0.3) is 0 Å². The lowest BCUT2D eigenvalue weighted by molar-refractivity contribution is -0.549. The van der Waals surface area contributed by atoms with Gasteiger partial charge in [0, 0.05) is 0 Å². The van der Waals surface area contributed by atoms with Gasteiger partial charge in [-0.15, -0.1) is 0 Å². The minimum Gasteiger partial charge on any atom is -0.385 e. The number of guanidine groups is 1. The van der Waals surface area contributed by atoms with Gasteiger partial charge < -0.3 is 5.11 Å². The van der Waals surface area contributed by atoms with E-state index in [-0.39, 0.29) is 6.04 Å². The zero-order valence-electron chi connectivity index (χ0n) is 11.0. The first-order chi connectivity index (χ1) is 8.57. The van der Waals surface area contributed by atoms with E-state index in [1.807, 2.05) is 48.9 Å². The van der Waals surface area contributed by atoms with Gasteiger partial charge in [-0.25, -0.2) is 0 Å². The summed E-state index contributed by atoms with van der Waals surface area (Å²) < 4.78 is 1.82. The Morgan fingerprint density at radius 2 is 2.11 bits per heavy atom. The quantitative estimate of drug-likeness (QED) is 0.313. The number of nitrogens with one attached hydrogen (secondary N) is 1. The van der Waals surface area contributed by atoms with Crippen LogP contribution in [-0.2, 0) is 0 Å². The molecule has 4 heteroatoms. The summed E-state index contributed by atoms with van der Waals surface area (Å²) in [5.74, 6) is 0.525. The van der Waals surface area contributed by atoms with E-state index in [0.29, 0.717) is 12.5 Å². The predicted molar refractivity (Wildman–Crippen MR) is 74.4 cm³/mol. The average molecular weight is 248 g/mol. The molecule has 0 unspecified atom stereocenters. The van der Waals surface area contributed by atoms with Crippen LogP contribution in [0.4, 0.5) is 0 Å². The number of aliphatic hydroxyl groups excluding tert-OH is 1. The highest BCUT2D eigenvalue weighted by Gasteiger charge is 2.21. The maximum absolute atomic E-state index is 10.3. The molecule has 98 valence electrons. The minimum absolute atomic E-state index is 0.121. The van der Waals surface area contributed by atoms with Crippen molar-refractivity contribution < 1.29 is 9.68 Å². The summed E-state index contributed by atoms with van der Waals surface area (Å²) in [7, 11) is 1.85. The monoisotopic (exact) mass is 248 g/mol. The number of hydrogen-bond donors (Lipinski definition) is 3. The molecule has 1 aromatic carbocycles. The maximum Gasteiger partial charge on any atom is 0.343 e. The molecule has 18 heavy (non-hydrogen) atoms. The van der Waals surface area contributed by atoms with Crippen LogP contribution in [0.3, 0.4) is 0 Å². The van der Waals surface area contributed by atoms with E-state index in [9.17, 15) is 5.11 Å². The molecule has 0 saturated heterocycles. The highest BCUT2D eigenvalue weighted by molar-refractivity contribution is 5.72.